The van der Waals surface area contributed by atoms with Crippen molar-refractivity contribution >= 4 is 21.7 Å². The molecule has 0 aliphatic heterocycles. The predicted octanol–water partition coefficient (Wildman–Crippen LogP) is 8.15. The molecule has 1 aliphatic rings. The van der Waals surface area contributed by atoms with Gasteiger partial charge in [-0.2, -0.15) is 0 Å². The number of anilines is 1. The van der Waals surface area contributed by atoms with Crippen molar-refractivity contribution in [3.05, 3.63) is 83.2 Å². The molecule has 202 valence electrons. The molecule has 1 fully saturated rings. The van der Waals surface area contributed by atoms with Crippen LogP contribution in [-0.2, 0) is 10.0 Å². The molecule has 0 aromatic heterocycles. The number of benzene rings is 3. The Labute approximate surface area is 225 Å². The van der Waals surface area contributed by atoms with Crippen LogP contribution in [0.15, 0.2) is 65.6 Å². The molecule has 7 heteroatoms. The SMILES string of the molecule is CCCCC[C@H]1CC[C@H](c2ccc(-c3cccc(S(=O)(=O)Nc4ccc(C(=O)O)cc4C)c3F)cc2)CC1. The first kappa shape index (κ1) is 27.8. The summed E-state index contributed by atoms with van der Waals surface area (Å²) in [5.74, 6) is -0.575. The third-order valence-electron chi connectivity index (χ3n) is 7.73. The van der Waals surface area contributed by atoms with Crippen molar-refractivity contribution in [2.24, 2.45) is 5.92 Å². The molecular formula is C31H36FNO4S. The average Bonchev–Trinajstić information content (AvgIpc) is 2.90. The number of carboxylic acids is 1. The standard InChI is InChI=1S/C31H36FNO4S/c1-3-4-5-7-22-10-12-23(13-11-22)24-14-16-25(17-15-24)27-8-6-9-29(30(27)32)38(36,37)33-28-19-18-26(31(34)35)20-21(28)2/h6,8-9,14-20,22-23,33H,3-5,7,10-13H2,1-2H3,(H,34,35)/t22-,23-. The summed E-state index contributed by atoms with van der Waals surface area (Å²) in [6, 6.07) is 16.2. The van der Waals surface area contributed by atoms with Crippen LogP contribution in [0.3, 0.4) is 0 Å². The third kappa shape index (κ3) is 6.44. The summed E-state index contributed by atoms with van der Waals surface area (Å²) in [6.07, 6.45) is 10.1. The number of hydrogen-bond donors (Lipinski definition) is 2. The lowest BCUT2D eigenvalue weighted by Crippen LogP contribution is -2.16. The van der Waals surface area contributed by atoms with E-state index in [1.807, 2.05) is 24.3 Å². The Bertz CT molecular complexity index is 1380. The number of aryl methyl sites for hydroxylation is 1. The van der Waals surface area contributed by atoms with Crippen molar-refractivity contribution in [2.75, 3.05) is 4.72 Å². The van der Waals surface area contributed by atoms with E-state index in [1.54, 1.807) is 13.0 Å². The van der Waals surface area contributed by atoms with Crippen LogP contribution < -0.4 is 4.72 Å². The highest BCUT2D eigenvalue weighted by molar-refractivity contribution is 7.92. The molecule has 0 spiro atoms. The summed E-state index contributed by atoms with van der Waals surface area (Å²) in [5.41, 5.74) is 2.77. The summed E-state index contributed by atoms with van der Waals surface area (Å²) in [4.78, 5) is 10.7. The molecular weight excluding hydrogens is 501 g/mol. The van der Waals surface area contributed by atoms with Crippen LogP contribution in [0.25, 0.3) is 11.1 Å². The molecule has 3 aromatic rings. The molecule has 1 aliphatic carbocycles. The van der Waals surface area contributed by atoms with Crippen LogP contribution in [0.4, 0.5) is 10.1 Å². The number of nitrogens with one attached hydrogen (secondary N) is 1. The molecule has 0 unspecified atom stereocenters. The van der Waals surface area contributed by atoms with Crippen molar-refractivity contribution in [1.82, 2.24) is 0 Å². The minimum Gasteiger partial charge on any atom is -0.478 e. The van der Waals surface area contributed by atoms with Gasteiger partial charge < -0.3 is 5.11 Å². The number of sulfonamides is 1. The van der Waals surface area contributed by atoms with Gasteiger partial charge in [-0.3, -0.25) is 4.72 Å². The minimum atomic E-state index is -4.24. The fourth-order valence-electron chi connectivity index (χ4n) is 5.45. The maximum absolute atomic E-state index is 15.6. The quantitative estimate of drug-likeness (QED) is 0.256. The van der Waals surface area contributed by atoms with Crippen molar-refractivity contribution in [3.63, 3.8) is 0 Å². The van der Waals surface area contributed by atoms with Crippen molar-refractivity contribution in [2.45, 2.75) is 76.0 Å². The van der Waals surface area contributed by atoms with Crippen LogP contribution in [0.1, 0.15) is 85.7 Å². The topological polar surface area (TPSA) is 83.5 Å². The second kappa shape index (κ2) is 12.1. The first-order valence-corrected chi connectivity index (χ1v) is 14.9. The van der Waals surface area contributed by atoms with E-state index >= 15 is 4.39 Å². The van der Waals surface area contributed by atoms with E-state index in [-0.39, 0.29) is 16.8 Å². The molecule has 0 atom stereocenters. The van der Waals surface area contributed by atoms with Crippen LogP contribution in [0.5, 0.6) is 0 Å². The molecule has 38 heavy (non-hydrogen) atoms. The molecule has 0 heterocycles. The van der Waals surface area contributed by atoms with Crippen molar-refractivity contribution < 1.29 is 22.7 Å². The van der Waals surface area contributed by atoms with Gasteiger partial charge in [-0.15, -0.1) is 0 Å². The van der Waals surface area contributed by atoms with E-state index in [1.165, 1.54) is 87.3 Å². The number of carbonyl (C=O) groups is 1. The fourth-order valence-corrected chi connectivity index (χ4v) is 6.69. The smallest absolute Gasteiger partial charge is 0.335 e. The van der Waals surface area contributed by atoms with Gasteiger partial charge in [0.1, 0.15) is 4.90 Å². The van der Waals surface area contributed by atoms with Crippen LogP contribution in [-0.4, -0.2) is 19.5 Å². The monoisotopic (exact) mass is 537 g/mol. The molecule has 5 nitrogen and oxygen atoms in total. The highest BCUT2D eigenvalue weighted by Crippen LogP contribution is 2.38. The first-order chi connectivity index (χ1) is 18.2. The minimum absolute atomic E-state index is 0.0436. The predicted molar refractivity (Wildman–Crippen MR) is 150 cm³/mol. The van der Waals surface area contributed by atoms with Gasteiger partial charge in [-0.1, -0.05) is 69.0 Å². The highest BCUT2D eigenvalue weighted by Gasteiger charge is 2.24. The van der Waals surface area contributed by atoms with E-state index in [0.717, 1.165) is 5.92 Å². The molecule has 2 N–H and O–H groups in total. The van der Waals surface area contributed by atoms with E-state index < -0.39 is 26.7 Å². The summed E-state index contributed by atoms with van der Waals surface area (Å²) in [5, 5.41) is 9.14. The second-order valence-corrected chi connectivity index (χ2v) is 12.0. The summed E-state index contributed by atoms with van der Waals surface area (Å²) in [7, 11) is -4.24. The van der Waals surface area contributed by atoms with Gasteiger partial charge in [-0.25, -0.2) is 17.6 Å². The van der Waals surface area contributed by atoms with Gasteiger partial charge in [-0.05, 0) is 85.4 Å². The molecule has 1 saturated carbocycles. The second-order valence-electron chi connectivity index (χ2n) is 10.4. The zero-order valence-corrected chi connectivity index (χ0v) is 22.9. The van der Waals surface area contributed by atoms with Gasteiger partial charge >= 0.3 is 5.97 Å². The molecule has 0 bridgehead atoms. The Morgan fingerprint density at radius 3 is 2.34 bits per heavy atom. The van der Waals surface area contributed by atoms with E-state index in [4.69, 9.17) is 5.11 Å². The summed E-state index contributed by atoms with van der Waals surface area (Å²) in [6.45, 7) is 3.83. The van der Waals surface area contributed by atoms with Gasteiger partial charge in [0.15, 0.2) is 5.82 Å². The number of halogens is 1. The lowest BCUT2D eigenvalue weighted by atomic mass is 9.77. The Kier molecular flexibility index (Phi) is 8.87. The molecule has 0 radical (unpaired) electrons. The fraction of sp³-hybridized carbons (Fsp3) is 0.387. The average molecular weight is 538 g/mol. The summed E-state index contributed by atoms with van der Waals surface area (Å²) >= 11 is 0. The van der Waals surface area contributed by atoms with Crippen LogP contribution >= 0.6 is 0 Å². The number of hydrogen-bond acceptors (Lipinski definition) is 3. The molecule has 0 amide bonds. The van der Waals surface area contributed by atoms with Gasteiger partial charge in [0.2, 0.25) is 0 Å². The Balaban J connectivity index is 1.48. The summed E-state index contributed by atoms with van der Waals surface area (Å²) < 4.78 is 44.1. The Morgan fingerprint density at radius 1 is 1.00 bits per heavy atom. The largest absolute Gasteiger partial charge is 0.478 e. The molecule has 3 aromatic carbocycles. The number of unbranched alkanes of at least 4 members (excludes halogenated alkanes) is 2. The van der Waals surface area contributed by atoms with Gasteiger partial charge in [0.25, 0.3) is 10.0 Å². The maximum Gasteiger partial charge on any atom is 0.335 e. The highest BCUT2D eigenvalue weighted by atomic mass is 32.2. The lowest BCUT2D eigenvalue weighted by Gasteiger charge is -2.29. The lowest BCUT2D eigenvalue weighted by molar-refractivity contribution is 0.0696. The van der Waals surface area contributed by atoms with E-state index in [0.29, 0.717) is 17.0 Å². The molecule has 0 saturated heterocycles. The van der Waals surface area contributed by atoms with Gasteiger partial charge in [0.05, 0.1) is 11.3 Å². The third-order valence-corrected chi connectivity index (χ3v) is 9.11. The van der Waals surface area contributed by atoms with E-state index in [9.17, 15) is 13.2 Å². The van der Waals surface area contributed by atoms with Crippen LogP contribution in [0.2, 0.25) is 0 Å². The number of rotatable bonds is 10. The number of aromatic carboxylic acids is 1. The van der Waals surface area contributed by atoms with Gasteiger partial charge in [0, 0.05) is 5.56 Å². The normalized spacial score (nSPS) is 17.8. The zero-order valence-electron chi connectivity index (χ0n) is 22.0. The zero-order chi connectivity index (χ0) is 27.3. The maximum atomic E-state index is 15.6. The van der Waals surface area contributed by atoms with E-state index in [2.05, 4.69) is 11.6 Å². The molecule has 4 rings (SSSR count). The Morgan fingerprint density at radius 2 is 1.71 bits per heavy atom. The van der Waals surface area contributed by atoms with Crippen LogP contribution in [0, 0.1) is 18.7 Å². The first-order valence-electron chi connectivity index (χ1n) is 13.4. The number of carboxylic acid groups (broad SMARTS) is 1. The van der Waals surface area contributed by atoms with Crippen molar-refractivity contribution in [3.8, 4) is 11.1 Å². The Hall–Kier alpha value is -3.19. The van der Waals surface area contributed by atoms with Crippen molar-refractivity contribution in [1.29, 1.82) is 0 Å².